The van der Waals surface area contributed by atoms with E-state index in [1.165, 1.54) is 31.0 Å². The summed E-state index contributed by atoms with van der Waals surface area (Å²) in [6.45, 7) is 1.61. The highest BCUT2D eigenvalue weighted by Crippen LogP contribution is 2.28. The van der Waals surface area contributed by atoms with Gasteiger partial charge in [0, 0.05) is 6.04 Å². The molecule has 2 N–H and O–H groups in total. The van der Waals surface area contributed by atoms with Crippen molar-refractivity contribution in [1.82, 2.24) is 5.32 Å². The Morgan fingerprint density at radius 3 is 2.48 bits per heavy atom. The van der Waals surface area contributed by atoms with Crippen molar-refractivity contribution in [3.8, 4) is 0 Å². The van der Waals surface area contributed by atoms with Crippen LogP contribution in [0, 0.1) is 5.82 Å². The van der Waals surface area contributed by atoms with Crippen LogP contribution in [-0.2, 0) is 10.3 Å². The van der Waals surface area contributed by atoms with Crippen LogP contribution in [0.15, 0.2) is 18.2 Å². The van der Waals surface area contributed by atoms with Gasteiger partial charge < -0.3 is 5.11 Å². The largest absolute Gasteiger partial charge is 0.480 e. The van der Waals surface area contributed by atoms with Crippen molar-refractivity contribution in [1.29, 1.82) is 0 Å². The summed E-state index contributed by atoms with van der Waals surface area (Å²) in [5.74, 6) is -1.52. The van der Waals surface area contributed by atoms with Gasteiger partial charge in [-0.2, -0.15) is 0 Å². The fourth-order valence-corrected chi connectivity index (χ4v) is 3.09. The van der Waals surface area contributed by atoms with Gasteiger partial charge in [0.15, 0.2) is 0 Å². The average molecular weight is 314 g/mol. The monoisotopic (exact) mass is 313 g/mol. The van der Waals surface area contributed by atoms with E-state index < -0.39 is 17.3 Å². The van der Waals surface area contributed by atoms with E-state index in [0.717, 1.165) is 25.7 Å². The Morgan fingerprint density at radius 1 is 1.33 bits per heavy atom. The Kier molecular flexibility index (Phi) is 5.22. The maximum atomic E-state index is 13.3. The molecule has 1 saturated carbocycles. The Morgan fingerprint density at radius 2 is 1.95 bits per heavy atom. The van der Waals surface area contributed by atoms with E-state index in [0.29, 0.717) is 5.56 Å². The standard InChI is InChI=1S/C16H21ClFNO2/c1-16(15(20)21,11-8-9-14(18)13(17)10-11)19-12-6-4-2-3-5-7-12/h8-10,12,19H,2-7H2,1H3,(H,20,21). The second-order valence-corrected chi connectivity index (χ2v) is 6.30. The minimum atomic E-state index is -1.26. The maximum absolute atomic E-state index is 13.3. The van der Waals surface area contributed by atoms with Gasteiger partial charge in [0.2, 0.25) is 0 Å². The van der Waals surface area contributed by atoms with Crippen LogP contribution in [0.1, 0.15) is 51.0 Å². The minimum Gasteiger partial charge on any atom is -0.480 e. The lowest BCUT2D eigenvalue weighted by molar-refractivity contribution is -0.145. The molecule has 0 aliphatic heterocycles. The summed E-state index contributed by atoms with van der Waals surface area (Å²) in [4.78, 5) is 11.8. The number of benzene rings is 1. The number of rotatable bonds is 4. The normalized spacial score (nSPS) is 19.8. The maximum Gasteiger partial charge on any atom is 0.328 e. The zero-order chi connectivity index (χ0) is 15.5. The van der Waals surface area contributed by atoms with Crippen LogP contribution in [0.4, 0.5) is 4.39 Å². The summed E-state index contributed by atoms with van der Waals surface area (Å²) in [6, 6.07) is 4.26. The predicted molar refractivity (Wildman–Crippen MR) is 81.0 cm³/mol. The number of halogens is 2. The predicted octanol–water partition coefficient (Wildman–Crippen LogP) is 4.09. The third-order valence-corrected chi connectivity index (χ3v) is 4.56. The molecule has 1 aromatic rings. The molecule has 1 atom stereocenters. The Bertz CT molecular complexity index is 515. The minimum absolute atomic E-state index is 0.0531. The molecule has 116 valence electrons. The Hall–Kier alpha value is -1.13. The van der Waals surface area contributed by atoms with Crippen LogP contribution in [-0.4, -0.2) is 17.1 Å². The highest BCUT2D eigenvalue weighted by Gasteiger charge is 2.37. The van der Waals surface area contributed by atoms with Crippen molar-refractivity contribution in [2.45, 2.75) is 57.0 Å². The number of hydrogen-bond donors (Lipinski definition) is 2. The first-order valence-corrected chi connectivity index (χ1v) is 7.78. The lowest BCUT2D eigenvalue weighted by Gasteiger charge is -2.32. The molecule has 1 aliphatic rings. The van der Waals surface area contributed by atoms with Gasteiger partial charge in [0.1, 0.15) is 11.4 Å². The molecule has 21 heavy (non-hydrogen) atoms. The van der Waals surface area contributed by atoms with Crippen LogP contribution in [0.3, 0.4) is 0 Å². The molecular weight excluding hydrogens is 293 g/mol. The lowest BCUT2D eigenvalue weighted by Crippen LogP contribution is -2.51. The van der Waals surface area contributed by atoms with E-state index in [-0.39, 0.29) is 11.1 Å². The quantitative estimate of drug-likeness (QED) is 0.823. The molecule has 3 nitrogen and oxygen atoms in total. The van der Waals surface area contributed by atoms with E-state index in [4.69, 9.17) is 11.6 Å². The highest BCUT2D eigenvalue weighted by molar-refractivity contribution is 6.30. The summed E-state index contributed by atoms with van der Waals surface area (Å²) >= 11 is 5.80. The van der Waals surface area contributed by atoms with Gasteiger partial charge in [-0.25, -0.2) is 9.18 Å². The van der Waals surface area contributed by atoms with Gasteiger partial charge in [-0.1, -0.05) is 43.4 Å². The average Bonchev–Trinajstić information content (AvgIpc) is 2.70. The molecule has 0 bridgehead atoms. The van der Waals surface area contributed by atoms with Crippen LogP contribution >= 0.6 is 11.6 Å². The Labute approximate surface area is 129 Å². The van der Waals surface area contributed by atoms with Crippen LogP contribution < -0.4 is 5.32 Å². The highest BCUT2D eigenvalue weighted by atomic mass is 35.5. The number of aliphatic carboxylic acids is 1. The van der Waals surface area contributed by atoms with Gasteiger partial charge in [-0.3, -0.25) is 5.32 Å². The number of hydrogen-bond acceptors (Lipinski definition) is 2. The van der Waals surface area contributed by atoms with Gasteiger partial charge in [-0.15, -0.1) is 0 Å². The van der Waals surface area contributed by atoms with Crippen molar-refractivity contribution in [3.63, 3.8) is 0 Å². The van der Waals surface area contributed by atoms with Crippen LogP contribution in [0.2, 0.25) is 5.02 Å². The molecule has 0 saturated heterocycles. The van der Waals surface area contributed by atoms with Gasteiger partial charge in [0.05, 0.1) is 5.02 Å². The van der Waals surface area contributed by atoms with E-state index in [9.17, 15) is 14.3 Å². The molecule has 1 fully saturated rings. The zero-order valence-electron chi connectivity index (χ0n) is 12.2. The van der Waals surface area contributed by atoms with E-state index in [1.54, 1.807) is 6.92 Å². The topological polar surface area (TPSA) is 49.3 Å². The van der Waals surface area contributed by atoms with Gasteiger partial charge in [-0.05, 0) is 37.5 Å². The molecule has 0 heterocycles. The van der Waals surface area contributed by atoms with E-state index >= 15 is 0 Å². The summed E-state index contributed by atoms with van der Waals surface area (Å²) in [6.07, 6.45) is 6.55. The molecule has 5 heteroatoms. The fraction of sp³-hybridized carbons (Fsp3) is 0.562. The number of carboxylic acids is 1. The molecule has 0 aromatic heterocycles. The smallest absolute Gasteiger partial charge is 0.328 e. The SMILES string of the molecule is CC(NC1CCCCCC1)(C(=O)O)c1ccc(F)c(Cl)c1. The first kappa shape index (κ1) is 16.2. The van der Waals surface area contributed by atoms with Crippen molar-refractivity contribution in [2.75, 3.05) is 0 Å². The first-order chi connectivity index (χ1) is 9.93. The van der Waals surface area contributed by atoms with Crippen molar-refractivity contribution in [2.24, 2.45) is 0 Å². The first-order valence-electron chi connectivity index (χ1n) is 7.40. The van der Waals surface area contributed by atoms with Crippen molar-refractivity contribution in [3.05, 3.63) is 34.6 Å². The fourth-order valence-electron chi connectivity index (χ4n) is 2.91. The summed E-state index contributed by atoms with van der Waals surface area (Å²) < 4.78 is 13.3. The molecule has 2 rings (SSSR count). The van der Waals surface area contributed by atoms with E-state index in [1.807, 2.05) is 0 Å². The number of nitrogens with one attached hydrogen (secondary N) is 1. The summed E-state index contributed by atoms with van der Waals surface area (Å²) in [5.41, 5.74) is -0.780. The number of carbonyl (C=O) groups is 1. The molecule has 0 spiro atoms. The second-order valence-electron chi connectivity index (χ2n) is 5.89. The second kappa shape index (κ2) is 6.75. The van der Waals surface area contributed by atoms with Crippen molar-refractivity contribution >= 4 is 17.6 Å². The zero-order valence-corrected chi connectivity index (χ0v) is 12.9. The van der Waals surface area contributed by atoms with Gasteiger partial charge in [0.25, 0.3) is 0 Å². The molecule has 0 amide bonds. The lowest BCUT2D eigenvalue weighted by atomic mass is 9.90. The molecule has 0 radical (unpaired) electrons. The van der Waals surface area contributed by atoms with Crippen LogP contribution in [0.25, 0.3) is 0 Å². The molecule has 1 unspecified atom stereocenters. The summed E-state index contributed by atoms with van der Waals surface area (Å²) in [7, 11) is 0. The molecule has 1 aliphatic carbocycles. The molecular formula is C16H21ClFNO2. The van der Waals surface area contributed by atoms with Crippen molar-refractivity contribution < 1.29 is 14.3 Å². The Balaban J connectivity index is 2.26. The van der Waals surface area contributed by atoms with Gasteiger partial charge >= 0.3 is 5.97 Å². The van der Waals surface area contributed by atoms with Crippen LogP contribution in [0.5, 0.6) is 0 Å². The molecule has 1 aromatic carbocycles. The summed E-state index contributed by atoms with van der Waals surface area (Å²) in [5, 5.41) is 12.8. The number of carboxylic acid groups (broad SMARTS) is 1. The third-order valence-electron chi connectivity index (χ3n) is 4.27. The third kappa shape index (κ3) is 3.74. The van der Waals surface area contributed by atoms with E-state index in [2.05, 4.69) is 5.32 Å².